The first kappa shape index (κ1) is 8.38. The second-order valence-corrected chi connectivity index (χ2v) is 3.50. The summed E-state index contributed by atoms with van der Waals surface area (Å²) >= 11 is 0. The molecule has 0 aromatic carbocycles. The van der Waals surface area contributed by atoms with Crippen LogP contribution in [0, 0.1) is 0 Å². The van der Waals surface area contributed by atoms with E-state index in [9.17, 15) is 9.59 Å². The summed E-state index contributed by atoms with van der Waals surface area (Å²) in [5.74, 6) is -0.00657. The van der Waals surface area contributed by atoms with Crippen LogP contribution in [0.4, 0.5) is 0 Å². The monoisotopic (exact) mass is 177 g/mol. The summed E-state index contributed by atoms with van der Waals surface area (Å²) in [6.45, 7) is 4.23. The molecular weight excluding hydrogens is 166 g/mol. The molecule has 0 saturated carbocycles. The van der Waals surface area contributed by atoms with Crippen molar-refractivity contribution in [2.24, 2.45) is 0 Å². The lowest BCUT2D eigenvalue weighted by Gasteiger charge is -2.12. The van der Waals surface area contributed by atoms with E-state index < -0.39 is 0 Å². The smallest absolute Gasteiger partial charge is 0.186 e. The highest BCUT2D eigenvalue weighted by atomic mass is 16.1. The van der Waals surface area contributed by atoms with Crippen LogP contribution in [0.3, 0.4) is 0 Å². The van der Waals surface area contributed by atoms with Gasteiger partial charge in [0.2, 0.25) is 0 Å². The first-order valence-electron chi connectivity index (χ1n) is 4.32. The molecule has 3 nitrogen and oxygen atoms in total. The predicted molar refractivity (Wildman–Crippen MR) is 48.3 cm³/mol. The molecule has 68 valence electrons. The molecule has 0 spiro atoms. The van der Waals surface area contributed by atoms with Gasteiger partial charge in [-0.3, -0.25) is 9.59 Å². The van der Waals surface area contributed by atoms with E-state index in [2.05, 4.69) is 5.32 Å². The number of rotatable bonds is 1. The van der Waals surface area contributed by atoms with Crippen LogP contribution >= 0.6 is 0 Å². The lowest BCUT2D eigenvalue weighted by atomic mass is 9.90. The van der Waals surface area contributed by atoms with Crippen molar-refractivity contribution in [2.45, 2.75) is 19.9 Å². The van der Waals surface area contributed by atoms with Crippen LogP contribution < -0.4 is 5.32 Å². The van der Waals surface area contributed by atoms with Gasteiger partial charge >= 0.3 is 0 Å². The number of hydrogen-bond acceptors (Lipinski definition) is 3. The van der Waals surface area contributed by atoms with Gasteiger partial charge in [0.15, 0.2) is 11.6 Å². The number of carbonyl (C=O) groups is 2. The topological polar surface area (TPSA) is 56.1 Å². The molecule has 13 heavy (non-hydrogen) atoms. The van der Waals surface area contributed by atoms with Gasteiger partial charge in [-0.25, -0.2) is 0 Å². The van der Waals surface area contributed by atoms with E-state index >= 15 is 0 Å². The predicted octanol–water partition coefficient (Wildman–Crippen LogP) is 0.373. The standard InChI is InChI=1S/C10H11NO2/c1-5-6(2)10(13)7(3-9(5)12)8-4-11-8/h3,8,11H,4H2,1-2H3. The molecule has 1 fully saturated rings. The van der Waals surface area contributed by atoms with Crippen molar-refractivity contribution in [3.63, 3.8) is 0 Å². The third-order valence-corrected chi connectivity index (χ3v) is 2.61. The summed E-state index contributed by atoms with van der Waals surface area (Å²) in [6, 6.07) is 0.125. The van der Waals surface area contributed by atoms with Gasteiger partial charge in [0.25, 0.3) is 0 Å². The van der Waals surface area contributed by atoms with Crippen molar-refractivity contribution in [2.75, 3.05) is 6.54 Å². The lowest BCUT2D eigenvalue weighted by Crippen LogP contribution is -2.20. The van der Waals surface area contributed by atoms with Crippen LogP contribution in [0.15, 0.2) is 22.8 Å². The fraction of sp³-hybridized carbons (Fsp3) is 0.400. The molecule has 0 radical (unpaired) electrons. The molecule has 1 unspecified atom stereocenters. The molecule has 1 atom stereocenters. The highest BCUT2D eigenvalue weighted by molar-refractivity contribution is 6.22. The molecule has 1 saturated heterocycles. The van der Waals surface area contributed by atoms with Crippen LogP contribution in [0.1, 0.15) is 13.8 Å². The highest BCUT2D eigenvalue weighted by Crippen LogP contribution is 2.23. The summed E-state index contributed by atoms with van der Waals surface area (Å²) < 4.78 is 0. The maximum atomic E-state index is 11.6. The second kappa shape index (κ2) is 2.64. The van der Waals surface area contributed by atoms with Crippen molar-refractivity contribution in [1.29, 1.82) is 0 Å². The zero-order chi connectivity index (χ0) is 9.59. The van der Waals surface area contributed by atoms with E-state index in [-0.39, 0.29) is 17.6 Å². The molecule has 2 aliphatic rings. The molecule has 3 heteroatoms. The minimum absolute atomic E-state index is 0.0205. The number of hydrogen-bond donors (Lipinski definition) is 1. The van der Waals surface area contributed by atoms with Crippen molar-refractivity contribution in [1.82, 2.24) is 5.32 Å². The van der Waals surface area contributed by atoms with Gasteiger partial charge in [-0.2, -0.15) is 0 Å². The van der Waals surface area contributed by atoms with Crippen molar-refractivity contribution in [3.05, 3.63) is 22.8 Å². The number of carbonyl (C=O) groups excluding carboxylic acids is 2. The Morgan fingerprint density at radius 2 is 1.92 bits per heavy atom. The van der Waals surface area contributed by atoms with E-state index in [0.717, 1.165) is 6.54 Å². The van der Waals surface area contributed by atoms with Gasteiger partial charge in [0.1, 0.15) is 0 Å². The number of nitrogens with one attached hydrogen (secondary N) is 1. The Kier molecular flexibility index (Phi) is 1.70. The van der Waals surface area contributed by atoms with Crippen LogP contribution in [-0.4, -0.2) is 24.2 Å². The zero-order valence-corrected chi connectivity index (χ0v) is 7.68. The third-order valence-electron chi connectivity index (χ3n) is 2.61. The molecule has 0 aromatic rings. The van der Waals surface area contributed by atoms with E-state index in [0.29, 0.717) is 16.7 Å². The first-order valence-corrected chi connectivity index (χ1v) is 4.32. The minimum atomic E-state index is -0.0270. The summed E-state index contributed by atoms with van der Waals surface area (Å²) in [5, 5.41) is 3.03. The Hall–Kier alpha value is -1.22. The Morgan fingerprint density at radius 3 is 2.46 bits per heavy atom. The normalized spacial score (nSPS) is 27.8. The largest absolute Gasteiger partial charge is 0.307 e. The van der Waals surface area contributed by atoms with E-state index in [4.69, 9.17) is 0 Å². The van der Waals surface area contributed by atoms with Crippen molar-refractivity contribution in [3.8, 4) is 0 Å². The Morgan fingerprint density at radius 1 is 1.31 bits per heavy atom. The number of allylic oxidation sites excluding steroid dienone is 3. The van der Waals surface area contributed by atoms with Gasteiger partial charge < -0.3 is 5.32 Å². The SMILES string of the molecule is CC1=C(C)C(=O)C(C2CN2)=CC1=O. The zero-order valence-electron chi connectivity index (χ0n) is 7.68. The summed E-state index contributed by atoms with van der Waals surface area (Å²) in [4.78, 5) is 23.0. The molecule has 0 amide bonds. The van der Waals surface area contributed by atoms with Crippen LogP contribution in [0.25, 0.3) is 0 Å². The fourth-order valence-corrected chi connectivity index (χ4v) is 1.42. The van der Waals surface area contributed by atoms with Crippen LogP contribution in [0.2, 0.25) is 0 Å². The Labute approximate surface area is 76.5 Å². The van der Waals surface area contributed by atoms with Gasteiger partial charge in [-0.05, 0) is 19.9 Å². The highest BCUT2D eigenvalue weighted by Gasteiger charge is 2.34. The molecule has 0 bridgehead atoms. The summed E-state index contributed by atoms with van der Waals surface area (Å²) in [6.07, 6.45) is 1.47. The van der Waals surface area contributed by atoms with Crippen LogP contribution in [-0.2, 0) is 9.59 Å². The Balaban J connectivity index is 2.39. The van der Waals surface area contributed by atoms with Crippen molar-refractivity contribution >= 4 is 11.6 Å². The van der Waals surface area contributed by atoms with E-state index in [1.807, 2.05) is 0 Å². The number of ketones is 2. The molecule has 1 aliphatic heterocycles. The molecule has 1 aliphatic carbocycles. The summed E-state index contributed by atoms with van der Waals surface area (Å²) in [5.41, 5.74) is 1.80. The van der Waals surface area contributed by atoms with Crippen molar-refractivity contribution < 1.29 is 9.59 Å². The minimum Gasteiger partial charge on any atom is -0.307 e. The van der Waals surface area contributed by atoms with Crippen LogP contribution in [0.5, 0.6) is 0 Å². The maximum absolute atomic E-state index is 11.6. The maximum Gasteiger partial charge on any atom is 0.186 e. The average Bonchev–Trinajstić information content (AvgIpc) is 2.91. The van der Waals surface area contributed by atoms with E-state index in [1.165, 1.54) is 6.08 Å². The second-order valence-electron chi connectivity index (χ2n) is 3.50. The Bertz CT molecular complexity index is 359. The van der Waals surface area contributed by atoms with Gasteiger partial charge in [0, 0.05) is 29.3 Å². The van der Waals surface area contributed by atoms with Gasteiger partial charge in [0.05, 0.1) is 0 Å². The third kappa shape index (κ3) is 1.25. The fourth-order valence-electron chi connectivity index (χ4n) is 1.42. The number of Topliss-reactive ketones (excluding diaryl/α,β-unsaturated/α-hetero) is 1. The quantitative estimate of drug-likeness (QED) is 0.465. The molecule has 1 N–H and O–H groups in total. The molecule has 0 aromatic heterocycles. The average molecular weight is 177 g/mol. The van der Waals surface area contributed by atoms with Gasteiger partial charge in [-0.15, -0.1) is 0 Å². The molecular formula is C10H11NO2. The lowest BCUT2D eigenvalue weighted by molar-refractivity contribution is -0.115. The molecule has 2 rings (SSSR count). The summed E-state index contributed by atoms with van der Waals surface area (Å²) in [7, 11) is 0. The first-order chi connectivity index (χ1) is 6.11. The van der Waals surface area contributed by atoms with Gasteiger partial charge in [-0.1, -0.05) is 0 Å². The van der Waals surface area contributed by atoms with E-state index in [1.54, 1.807) is 13.8 Å². The molecule has 1 heterocycles.